The van der Waals surface area contributed by atoms with Gasteiger partial charge in [0.25, 0.3) is 0 Å². The van der Waals surface area contributed by atoms with E-state index in [1.54, 1.807) is 12.1 Å². The van der Waals surface area contributed by atoms with Gasteiger partial charge < -0.3 is 4.74 Å². The third-order valence-corrected chi connectivity index (χ3v) is 3.76. The van der Waals surface area contributed by atoms with Gasteiger partial charge in [-0.3, -0.25) is 0 Å². The average molecular weight is 354 g/mol. The number of alkyl halides is 1. The number of hydrogen-bond donors (Lipinski definition) is 0. The number of hydrogen-bond acceptors (Lipinski definition) is 1. The maximum absolute atomic E-state index is 13.2. The Bertz CT molecular complexity index is 631. The maximum atomic E-state index is 13.2. The standard InChI is InChI=1S/C14H9Cl4FO/c15-6-8-3-10(16)5-13(18)14(8)20-7-9-4-11(19)1-2-12(9)17/h1-5H,6-7H2. The molecule has 6 heteroatoms. The van der Waals surface area contributed by atoms with Crippen LogP contribution in [0.2, 0.25) is 15.1 Å². The SMILES string of the molecule is Fc1ccc(Cl)c(COc2c(Cl)cc(Cl)cc2CCl)c1. The van der Waals surface area contributed by atoms with Crippen LogP contribution in [0.4, 0.5) is 4.39 Å². The highest BCUT2D eigenvalue weighted by Crippen LogP contribution is 2.34. The highest BCUT2D eigenvalue weighted by atomic mass is 35.5. The van der Waals surface area contributed by atoms with Crippen LogP contribution in [-0.2, 0) is 12.5 Å². The molecule has 0 bridgehead atoms. The molecule has 0 N–H and O–H groups in total. The van der Waals surface area contributed by atoms with Crippen molar-refractivity contribution in [2.75, 3.05) is 0 Å². The van der Waals surface area contributed by atoms with Crippen LogP contribution < -0.4 is 4.74 Å². The Labute approximate surface area is 136 Å². The minimum Gasteiger partial charge on any atom is -0.487 e. The molecule has 20 heavy (non-hydrogen) atoms. The molecule has 0 amide bonds. The monoisotopic (exact) mass is 352 g/mol. The van der Waals surface area contributed by atoms with E-state index in [0.717, 1.165) is 0 Å². The summed E-state index contributed by atoms with van der Waals surface area (Å²) in [6.07, 6.45) is 0. The first kappa shape index (κ1) is 15.7. The van der Waals surface area contributed by atoms with E-state index in [1.807, 2.05) is 0 Å². The third-order valence-electron chi connectivity index (χ3n) is 2.61. The van der Waals surface area contributed by atoms with E-state index < -0.39 is 0 Å². The Morgan fingerprint density at radius 2 is 1.70 bits per heavy atom. The first-order valence-corrected chi connectivity index (χ1v) is 7.28. The molecule has 0 saturated heterocycles. The number of benzene rings is 2. The van der Waals surface area contributed by atoms with Gasteiger partial charge >= 0.3 is 0 Å². The van der Waals surface area contributed by atoms with Crippen molar-refractivity contribution >= 4 is 46.4 Å². The zero-order chi connectivity index (χ0) is 14.7. The van der Waals surface area contributed by atoms with Crippen LogP contribution in [0.15, 0.2) is 30.3 Å². The van der Waals surface area contributed by atoms with E-state index in [1.165, 1.54) is 18.2 Å². The Hall–Kier alpha value is -0.670. The van der Waals surface area contributed by atoms with Crippen molar-refractivity contribution in [1.29, 1.82) is 0 Å². The fourth-order valence-corrected chi connectivity index (χ4v) is 2.64. The normalized spacial score (nSPS) is 10.7. The second-order valence-electron chi connectivity index (χ2n) is 4.03. The average Bonchev–Trinajstić information content (AvgIpc) is 2.40. The smallest absolute Gasteiger partial charge is 0.142 e. The molecule has 0 heterocycles. The van der Waals surface area contributed by atoms with Crippen molar-refractivity contribution in [3.63, 3.8) is 0 Å². The van der Waals surface area contributed by atoms with Crippen LogP contribution in [-0.4, -0.2) is 0 Å². The van der Waals surface area contributed by atoms with Gasteiger partial charge in [0.05, 0.1) is 10.9 Å². The number of rotatable bonds is 4. The van der Waals surface area contributed by atoms with Crippen LogP contribution in [0.3, 0.4) is 0 Å². The summed E-state index contributed by atoms with van der Waals surface area (Å²) in [5, 5.41) is 1.24. The quantitative estimate of drug-likeness (QED) is 0.603. The molecule has 0 atom stereocenters. The fraction of sp³-hybridized carbons (Fsp3) is 0.143. The summed E-state index contributed by atoms with van der Waals surface area (Å²) in [6, 6.07) is 7.30. The van der Waals surface area contributed by atoms with Crippen molar-refractivity contribution in [3.8, 4) is 5.75 Å². The molecule has 0 aliphatic heterocycles. The molecule has 0 aromatic heterocycles. The molecule has 0 aliphatic carbocycles. The van der Waals surface area contributed by atoms with E-state index >= 15 is 0 Å². The molecular weight excluding hydrogens is 345 g/mol. The number of ether oxygens (including phenoxy) is 1. The van der Waals surface area contributed by atoms with Gasteiger partial charge in [-0.05, 0) is 30.3 Å². The van der Waals surface area contributed by atoms with Crippen LogP contribution in [0.25, 0.3) is 0 Å². The predicted octanol–water partition coefficient (Wildman–Crippen LogP) is 6.10. The minimum absolute atomic E-state index is 0.0852. The maximum Gasteiger partial charge on any atom is 0.142 e. The summed E-state index contributed by atoms with van der Waals surface area (Å²) in [6.45, 7) is 0.0852. The minimum atomic E-state index is -0.382. The van der Waals surface area contributed by atoms with Gasteiger partial charge in [-0.25, -0.2) is 4.39 Å². The van der Waals surface area contributed by atoms with Crippen molar-refractivity contribution in [3.05, 3.63) is 62.3 Å². The first-order chi connectivity index (χ1) is 9.51. The zero-order valence-corrected chi connectivity index (χ0v) is 13.1. The summed E-state index contributed by atoms with van der Waals surface area (Å²) in [4.78, 5) is 0. The summed E-state index contributed by atoms with van der Waals surface area (Å²) in [5.74, 6) is 0.242. The molecular formula is C14H9Cl4FO. The van der Waals surface area contributed by atoms with Gasteiger partial charge in [0.1, 0.15) is 18.2 Å². The fourth-order valence-electron chi connectivity index (χ4n) is 1.68. The highest BCUT2D eigenvalue weighted by molar-refractivity contribution is 6.36. The molecule has 2 aromatic carbocycles. The van der Waals surface area contributed by atoms with Crippen molar-refractivity contribution < 1.29 is 9.13 Å². The van der Waals surface area contributed by atoms with Gasteiger partial charge in [0.15, 0.2) is 0 Å². The van der Waals surface area contributed by atoms with Crippen molar-refractivity contribution in [2.24, 2.45) is 0 Å². The van der Waals surface area contributed by atoms with Gasteiger partial charge in [-0.1, -0.05) is 34.8 Å². The predicted molar refractivity (Wildman–Crippen MR) is 81.8 cm³/mol. The second-order valence-corrected chi connectivity index (χ2v) is 5.55. The van der Waals surface area contributed by atoms with Crippen molar-refractivity contribution in [2.45, 2.75) is 12.5 Å². The molecule has 2 rings (SSSR count). The van der Waals surface area contributed by atoms with Gasteiger partial charge in [0.2, 0.25) is 0 Å². The molecule has 0 aliphatic rings. The lowest BCUT2D eigenvalue weighted by molar-refractivity contribution is 0.303. The first-order valence-electron chi connectivity index (χ1n) is 5.62. The second kappa shape index (κ2) is 6.86. The number of halogens is 5. The Kier molecular flexibility index (Phi) is 5.39. The summed E-state index contributed by atoms with van der Waals surface area (Å²) in [7, 11) is 0. The van der Waals surface area contributed by atoms with Crippen LogP contribution in [0.5, 0.6) is 5.75 Å². The van der Waals surface area contributed by atoms with Gasteiger partial charge in [-0.15, -0.1) is 11.6 Å². The summed E-state index contributed by atoms with van der Waals surface area (Å²) in [5.41, 5.74) is 1.19. The molecule has 0 saturated carbocycles. The van der Waals surface area contributed by atoms with Crippen molar-refractivity contribution in [1.82, 2.24) is 0 Å². The Morgan fingerprint density at radius 3 is 2.40 bits per heavy atom. The highest BCUT2D eigenvalue weighted by Gasteiger charge is 2.11. The summed E-state index contributed by atoms with van der Waals surface area (Å²) >= 11 is 23.8. The Balaban J connectivity index is 2.25. The molecule has 1 nitrogen and oxygen atoms in total. The van der Waals surface area contributed by atoms with Crippen LogP contribution in [0, 0.1) is 5.82 Å². The largest absolute Gasteiger partial charge is 0.487 e. The third kappa shape index (κ3) is 3.70. The molecule has 0 unspecified atom stereocenters. The van der Waals surface area contributed by atoms with E-state index in [0.29, 0.717) is 31.9 Å². The molecule has 0 radical (unpaired) electrons. The molecule has 0 fully saturated rings. The summed E-state index contributed by atoms with van der Waals surface area (Å²) < 4.78 is 18.8. The molecule has 2 aromatic rings. The molecule has 106 valence electrons. The van der Waals surface area contributed by atoms with Crippen LogP contribution in [0.1, 0.15) is 11.1 Å². The van der Waals surface area contributed by atoms with E-state index in [-0.39, 0.29) is 18.3 Å². The molecule has 0 spiro atoms. The van der Waals surface area contributed by atoms with Gasteiger partial charge in [0, 0.05) is 21.2 Å². The lowest BCUT2D eigenvalue weighted by Gasteiger charge is -2.13. The Morgan fingerprint density at radius 1 is 0.950 bits per heavy atom. The van der Waals surface area contributed by atoms with Crippen LogP contribution >= 0.6 is 46.4 Å². The topological polar surface area (TPSA) is 9.23 Å². The van der Waals surface area contributed by atoms with E-state index in [2.05, 4.69) is 0 Å². The lowest BCUT2D eigenvalue weighted by Crippen LogP contribution is -2.00. The lowest BCUT2D eigenvalue weighted by atomic mass is 10.2. The zero-order valence-electron chi connectivity index (χ0n) is 10.1. The van der Waals surface area contributed by atoms with E-state index in [4.69, 9.17) is 51.1 Å². The van der Waals surface area contributed by atoms with E-state index in [9.17, 15) is 4.39 Å². The van der Waals surface area contributed by atoms with Gasteiger partial charge in [-0.2, -0.15) is 0 Å².